The molecule has 1 heterocycles. The van der Waals surface area contributed by atoms with E-state index in [1.54, 1.807) is 11.8 Å². The van der Waals surface area contributed by atoms with Gasteiger partial charge in [-0.15, -0.1) is 0 Å². The number of amidine groups is 1. The SMILES string of the molecule is CC.CSC1=NCN(C(C)(C)C)CN1. The molecule has 3 nitrogen and oxygen atoms in total. The highest BCUT2D eigenvalue weighted by Crippen LogP contribution is 2.14. The van der Waals surface area contributed by atoms with Gasteiger partial charge in [-0.25, -0.2) is 4.99 Å². The van der Waals surface area contributed by atoms with Gasteiger partial charge in [0.2, 0.25) is 0 Å². The third kappa shape index (κ3) is 4.33. The molecule has 84 valence electrons. The van der Waals surface area contributed by atoms with Crippen LogP contribution in [0.1, 0.15) is 34.6 Å². The van der Waals surface area contributed by atoms with Gasteiger partial charge in [0.1, 0.15) is 0 Å². The van der Waals surface area contributed by atoms with Crippen LogP contribution in [0.25, 0.3) is 0 Å². The van der Waals surface area contributed by atoms with Gasteiger partial charge >= 0.3 is 0 Å². The Morgan fingerprint density at radius 2 is 1.93 bits per heavy atom. The zero-order chi connectivity index (χ0) is 11.2. The number of rotatable bonds is 0. The van der Waals surface area contributed by atoms with Crippen molar-refractivity contribution in [3.8, 4) is 0 Å². The molecule has 1 rings (SSSR count). The maximum absolute atomic E-state index is 4.39. The zero-order valence-electron chi connectivity index (χ0n) is 10.2. The molecule has 0 radical (unpaired) electrons. The number of hydrogen-bond donors (Lipinski definition) is 1. The summed E-state index contributed by atoms with van der Waals surface area (Å²) in [6, 6.07) is 0. The number of hydrogen-bond acceptors (Lipinski definition) is 4. The highest BCUT2D eigenvalue weighted by molar-refractivity contribution is 8.13. The van der Waals surface area contributed by atoms with Gasteiger partial charge in [-0.2, -0.15) is 0 Å². The molecule has 0 bridgehead atoms. The van der Waals surface area contributed by atoms with E-state index in [-0.39, 0.29) is 5.54 Å². The molecule has 0 atom stereocenters. The van der Waals surface area contributed by atoms with Gasteiger partial charge in [0.05, 0.1) is 13.3 Å². The fourth-order valence-corrected chi connectivity index (χ4v) is 1.40. The monoisotopic (exact) mass is 217 g/mol. The van der Waals surface area contributed by atoms with Crippen molar-refractivity contribution in [1.29, 1.82) is 0 Å². The van der Waals surface area contributed by atoms with Crippen LogP contribution in [0.5, 0.6) is 0 Å². The second-order valence-electron chi connectivity index (χ2n) is 3.85. The lowest BCUT2D eigenvalue weighted by Crippen LogP contribution is -2.50. The van der Waals surface area contributed by atoms with Gasteiger partial charge in [0.25, 0.3) is 0 Å². The van der Waals surface area contributed by atoms with E-state index in [0.717, 1.165) is 18.5 Å². The van der Waals surface area contributed by atoms with Crippen molar-refractivity contribution < 1.29 is 0 Å². The molecule has 0 unspecified atom stereocenters. The van der Waals surface area contributed by atoms with Crippen LogP contribution in [-0.2, 0) is 0 Å². The van der Waals surface area contributed by atoms with Crippen LogP contribution in [0.3, 0.4) is 0 Å². The summed E-state index contributed by atoms with van der Waals surface area (Å²) in [5.74, 6) is 0. The predicted octanol–water partition coefficient (Wildman–Crippen LogP) is 2.35. The van der Waals surface area contributed by atoms with E-state index in [2.05, 4.69) is 36.0 Å². The zero-order valence-corrected chi connectivity index (χ0v) is 11.0. The smallest absolute Gasteiger partial charge is 0.158 e. The van der Waals surface area contributed by atoms with E-state index in [1.165, 1.54) is 0 Å². The molecule has 0 aromatic rings. The fourth-order valence-electron chi connectivity index (χ4n) is 1.00. The summed E-state index contributed by atoms with van der Waals surface area (Å²) >= 11 is 1.67. The molecule has 0 aromatic carbocycles. The summed E-state index contributed by atoms with van der Waals surface area (Å²) in [6.45, 7) is 12.3. The van der Waals surface area contributed by atoms with E-state index in [0.29, 0.717) is 0 Å². The third-order valence-electron chi connectivity index (χ3n) is 1.95. The summed E-state index contributed by atoms with van der Waals surface area (Å²) in [5, 5.41) is 4.32. The van der Waals surface area contributed by atoms with Crippen molar-refractivity contribution in [2.24, 2.45) is 4.99 Å². The van der Waals surface area contributed by atoms with Crippen LogP contribution in [0.2, 0.25) is 0 Å². The van der Waals surface area contributed by atoms with Crippen molar-refractivity contribution in [3.63, 3.8) is 0 Å². The molecule has 0 aliphatic carbocycles. The van der Waals surface area contributed by atoms with Gasteiger partial charge in [0.15, 0.2) is 5.17 Å². The molecule has 0 spiro atoms. The molecule has 0 saturated carbocycles. The van der Waals surface area contributed by atoms with E-state index < -0.39 is 0 Å². The van der Waals surface area contributed by atoms with Crippen LogP contribution in [-0.4, -0.2) is 35.2 Å². The highest BCUT2D eigenvalue weighted by atomic mass is 32.2. The van der Waals surface area contributed by atoms with Gasteiger partial charge < -0.3 is 5.32 Å². The molecule has 0 aromatic heterocycles. The van der Waals surface area contributed by atoms with Crippen LogP contribution < -0.4 is 5.32 Å². The minimum Gasteiger partial charge on any atom is -0.352 e. The second kappa shape index (κ2) is 6.30. The second-order valence-corrected chi connectivity index (χ2v) is 4.65. The lowest BCUT2D eigenvalue weighted by atomic mass is 10.1. The van der Waals surface area contributed by atoms with Crippen LogP contribution in [0, 0.1) is 0 Å². The summed E-state index contributed by atoms with van der Waals surface area (Å²) in [4.78, 5) is 6.69. The van der Waals surface area contributed by atoms with Gasteiger partial charge in [-0.3, -0.25) is 4.90 Å². The maximum atomic E-state index is 4.39. The van der Waals surface area contributed by atoms with E-state index in [9.17, 15) is 0 Å². The summed E-state index contributed by atoms with van der Waals surface area (Å²) in [6.07, 6.45) is 2.04. The Morgan fingerprint density at radius 1 is 1.36 bits per heavy atom. The minimum atomic E-state index is 0.209. The van der Waals surface area contributed by atoms with Crippen molar-refractivity contribution >= 4 is 16.9 Å². The Balaban J connectivity index is 0.000000791. The average molecular weight is 217 g/mol. The van der Waals surface area contributed by atoms with Crippen LogP contribution >= 0.6 is 11.8 Å². The molecule has 4 heteroatoms. The summed E-state index contributed by atoms with van der Waals surface area (Å²) < 4.78 is 0. The third-order valence-corrected chi connectivity index (χ3v) is 2.61. The van der Waals surface area contributed by atoms with Gasteiger partial charge in [0, 0.05) is 5.54 Å². The molecule has 0 fully saturated rings. The topological polar surface area (TPSA) is 27.6 Å². The van der Waals surface area contributed by atoms with Crippen molar-refractivity contribution in [3.05, 3.63) is 0 Å². The van der Waals surface area contributed by atoms with Crippen molar-refractivity contribution in [2.45, 2.75) is 40.2 Å². The van der Waals surface area contributed by atoms with E-state index in [4.69, 9.17) is 0 Å². The first kappa shape index (κ1) is 13.8. The first-order valence-electron chi connectivity index (χ1n) is 5.11. The Labute approximate surface area is 92.4 Å². The van der Waals surface area contributed by atoms with Crippen LogP contribution in [0.4, 0.5) is 0 Å². The first-order chi connectivity index (χ1) is 6.54. The van der Waals surface area contributed by atoms with Gasteiger partial charge in [-0.05, 0) is 27.0 Å². The van der Waals surface area contributed by atoms with E-state index >= 15 is 0 Å². The van der Waals surface area contributed by atoms with Gasteiger partial charge in [-0.1, -0.05) is 25.6 Å². The molecular formula is C10H23N3S. The van der Waals surface area contributed by atoms with Crippen molar-refractivity contribution in [2.75, 3.05) is 19.6 Å². The molecule has 0 amide bonds. The minimum absolute atomic E-state index is 0.209. The molecule has 1 aliphatic rings. The maximum Gasteiger partial charge on any atom is 0.158 e. The van der Waals surface area contributed by atoms with Crippen molar-refractivity contribution in [1.82, 2.24) is 10.2 Å². The Hall–Kier alpha value is -0.220. The van der Waals surface area contributed by atoms with E-state index in [1.807, 2.05) is 20.1 Å². The number of nitrogens with one attached hydrogen (secondary N) is 1. The quantitative estimate of drug-likeness (QED) is 0.675. The number of nitrogens with zero attached hydrogens (tertiary/aromatic N) is 2. The normalized spacial score (nSPS) is 17.7. The summed E-state index contributed by atoms with van der Waals surface area (Å²) in [7, 11) is 0. The fraction of sp³-hybridized carbons (Fsp3) is 0.900. The van der Waals surface area contributed by atoms with Crippen LogP contribution in [0.15, 0.2) is 4.99 Å². The lowest BCUT2D eigenvalue weighted by Gasteiger charge is -2.36. The Kier molecular flexibility index (Phi) is 6.20. The molecular weight excluding hydrogens is 194 g/mol. The molecule has 1 N–H and O–H groups in total. The average Bonchev–Trinajstić information content (AvgIpc) is 2.20. The molecule has 1 aliphatic heterocycles. The number of thioether (sulfide) groups is 1. The Morgan fingerprint density at radius 3 is 2.21 bits per heavy atom. The number of aliphatic imine (C=N–C) groups is 1. The lowest BCUT2D eigenvalue weighted by molar-refractivity contribution is 0.131. The largest absolute Gasteiger partial charge is 0.352 e. The first-order valence-corrected chi connectivity index (χ1v) is 6.34. The highest BCUT2D eigenvalue weighted by Gasteiger charge is 2.22. The molecule has 0 saturated heterocycles. The Bertz CT molecular complexity index is 184. The predicted molar refractivity (Wildman–Crippen MR) is 66.8 cm³/mol. The molecule has 14 heavy (non-hydrogen) atoms. The summed E-state index contributed by atoms with van der Waals surface area (Å²) in [5.41, 5.74) is 0.209. The standard InChI is InChI=1S/C8H17N3S.C2H6/c1-8(2,3)11-5-9-7(12-4)10-6-11;1-2/h5-6H2,1-4H3,(H,9,10);1-2H3.